The SMILES string of the molecule is CN(C)C1CCCC(NC(=O)C2CCCN(C(=O)c3ccc4[nH]ncc4c3)C2)C1. The second kappa shape index (κ2) is 8.53. The molecule has 2 heterocycles. The van der Waals surface area contributed by atoms with Crippen LogP contribution >= 0.6 is 0 Å². The fourth-order valence-electron chi connectivity index (χ4n) is 4.72. The van der Waals surface area contributed by atoms with Gasteiger partial charge in [-0.05, 0) is 70.8 Å². The summed E-state index contributed by atoms with van der Waals surface area (Å²) in [7, 11) is 4.22. The number of hydrogen-bond donors (Lipinski definition) is 2. The van der Waals surface area contributed by atoms with Crippen molar-refractivity contribution >= 4 is 22.7 Å². The van der Waals surface area contributed by atoms with Gasteiger partial charge in [0.15, 0.2) is 0 Å². The number of H-pyrrole nitrogens is 1. The number of nitrogens with one attached hydrogen (secondary N) is 2. The largest absolute Gasteiger partial charge is 0.353 e. The minimum absolute atomic E-state index is 0.00376. The topological polar surface area (TPSA) is 81.3 Å². The maximum absolute atomic E-state index is 13.0. The van der Waals surface area contributed by atoms with Crippen LogP contribution < -0.4 is 5.32 Å². The van der Waals surface area contributed by atoms with Gasteiger partial charge in [0.2, 0.25) is 5.91 Å². The number of carbonyl (C=O) groups is 2. The Kier molecular flexibility index (Phi) is 5.85. The normalized spacial score (nSPS) is 25.3. The lowest BCUT2D eigenvalue weighted by atomic mass is 9.89. The first-order valence-corrected chi connectivity index (χ1v) is 10.7. The molecule has 7 nitrogen and oxygen atoms in total. The van der Waals surface area contributed by atoms with Gasteiger partial charge in [-0.15, -0.1) is 0 Å². The number of aromatic nitrogens is 2. The van der Waals surface area contributed by atoms with Crippen LogP contribution in [0.15, 0.2) is 24.4 Å². The lowest BCUT2D eigenvalue weighted by Gasteiger charge is -2.36. The predicted octanol–water partition coefficient (Wildman–Crippen LogP) is 2.40. The van der Waals surface area contributed by atoms with Crippen LogP contribution in [-0.2, 0) is 4.79 Å². The van der Waals surface area contributed by atoms with Crippen molar-refractivity contribution in [1.82, 2.24) is 25.3 Å². The van der Waals surface area contributed by atoms with Crippen molar-refractivity contribution in [1.29, 1.82) is 0 Å². The molecule has 2 aliphatic rings. The number of hydrogen-bond acceptors (Lipinski definition) is 4. The van der Waals surface area contributed by atoms with Gasteiger partial charge in [-0.2, -0.15) is 5.10 Å². The van der Waals surface area contributed by atoms with Crippen LogP contribution in [0.2, 0.25) is 0 Å². The van der Waals surface area contributed by atoms with Crippen molar-refractivity contribution in [3.05, 3.63) is 30.0 Å². The number of piperidine rings is 1. The summed E-state index contributed by atoms with van der Waals surface area (Å²) >= 11 is 0. The van der Waals surface area contributed by atoms with Crippen molar-refractivity contribution in [3.8, 4) is 0 Å². The van der Waals surface area contributed by atoms with E-state index in [1.165, 1.54) is 6.42 Å². The number of carbonyl (C=O) groups excluding carboxylic acids is 2. The van der Waals surface area contributed by atoms with Crippen molar-refractivity contribution in [2.24, 2.45) is 5.92 Å². The molecular weight excluding hydrogens is 366 g/mol. The zero-order valence-corrected chi connectivity index (χ0v) is 17.4. The summed E-state index contributed by atoms with van der Waals surface area (Å²) in [6.07, 6.45) is 7.85. The molecule has 156 valence electrons. The van der Waals surface area contributed by atoms with Crippen molar-refractivity contribution in [2.45, 2.75) is 50.6 Å². The Hall–Kier alpha value is -2.41. The predicted molar refractivity (Wildman–Crippen MR) is 113 cm³/mol. The third kappa shape index (κ3) is 4.45. The van der Waals surface area contributed by atoms with E-state index < -0.39 is 0 Å². The molecule has 2 fully saturated rings. The molecule has 1 aliphatic carbocycles. The average Bonchev–Trinajstić information content (AvgIpc) is 3.21. The highest BCUT2D eigenvalue weighted by atomic mass is 16.2. The summed E-state index contributed by atoms with van der Waals surface area (Å²) in [6.45, 7) is 1.20. The van der Waals surface area contributed by atoms with E-state index in [-0.39, 0.29) is 23.8 Å². The number of amides is 2. The Morgan fingerprint density at radius 2 is 2.07 bits per heavy atom. The third-order valence-electron chi connectivity index (χ3n) is 6.49. The molecular formula is C22H31N5O2. The van der Waals surface area contributed by atoms with E-state index in [1.54, 1.807) is 6.20 Å². The Labute approximate surface area is 171 Å². The van der Waals surface area contributed by atoms with Gasteiger partial charge in [0.25, 0.3) is 5.91 Å². The Morgan fingerprint density at radius 3 is 2.90 bits per heavy atom. The number of rotatable bonds is 4. The van der Waals surface area contributed by atoms with Gasteiger partial charge in [-0.1, -0.05) is 0 Å². The van der Waals surface area contributed by atoms with Gasteiger partial charge in [-0.25, -0.2) is 0 Å². The molecule has 3 unspecified atom stereocenters. The number of nitrogens with zero attached hydrogens (tertiary/aromatic N) is 3. The molecule has 2 amide bonds. The van der Waals surface area contributed by atoms with Crippen LogP contribution in [0.25, 0.3) is 10.9 Å². The first kappa shape index (κ1) is 19.9. The highest BCUT2D eigenvalue weighted by Gasteiger charge is 2.31. The molecule has 1 aromatic heterocycles. The Balaban J connectivity index is 1.37. The van der Waals surface area contributed by atoms with E-state index in [0.717, 1.165) is 43.0 Å². The average molecular weight is 398 g/mol. The lowest BCUT2D eigenvalue weighted by Crippen LogP contribution is -2.49. The zero-order valence-electron chi connectivity index (χ0n) is 17.4. The molecule has 1 saturated heterocycles. The molecule has 3 atom stereocenters. The molecule has 2 aromatic rings. The van der Waals surface area contributed by atoms with Crippen LogP contribution in [-0.4, -0.2) is 71.1 Å². The highest BCUT2D eigenvalue weighted by molar-refractivity contribution is 5.98. The summed E-state index contributed by atoms with van der Waals surface area (Å²) in [5, 5.41) is 11.1. The minimum Gasteiger partial charge on any atom is -0.353 e. The summed E-state index contributed by atoms with van der Waals surface area (Å²) in [5.41, 5.74) is 1.57. The van der Waals surface area contributed by atoms with E-state index in [9.17, 15) is 9.59 Å². The van der Waals surface area contributed by atoms with Crippen molar-refractivity contribution in [3.63, 3.8) is 0 Å². The van der Waals surface area contributed by atoms with E-state index in [1.807, 2.05) is 23.1 Å². The molecule has 29 heavy (non-hydrogen) atoms. The van der Waals surface area contributed by atoms with E-state index >= 15 is 0 Å². The summed E-state index contributed by atoms with van der Waals surface area (Å²) in [5.74, 6) is -0.0155. The maximum Gasteiger partial charge on any atom is 0.253 e. The number of fused-ring (bicyclic) bond motifs is 1. The standard InChI is InChI=1S/C22H31N5O2/c1-26(2)19-7-3-6-18(12-19)24-21(28)16-5-4-10-27(14-16)22(29)15-8-9-20-17(11-15)13-23-25-20/h8-9,11,13,16,18-19H,3-7,10,12,14H2,1-2H3,(H,23,25)(H,24,28). The van der Waals surface area contributed by atoms with Gasteiger partial charge in [-0.3, -0.25) is 14.7 Å². The fraction of sp³-hybridized carbons (Fsp3) is 0.591. The summed E-state index contributed by atoms with van der Waals surface area (Å²) in [4.78, 5) is 30.0. The Bertz CT molecular complexity index is 877. The van der Waals surface area contributed by atoms with Crippen molar-refractivity contribution < 1.29 is 9.59 Å². The molecule has 1 aliphatic heterocycles. The smallest absolute Gasteiger partial charge is 0.253 e. The fourth-order valence-corrected chi connectivity index (χ4v) is 4.72. The second-order valence-electron chi connectivity index (χ2n) is 8.75. The molecule has 0 bridgehead atoms. The van der Waals surface area contributed by atoms with Gasteiger partial charge in [0.05, 0.1) is 17.6 Å². The molecule has 1 aromatic carbocycles. The van der Waals surface area contributed by atoms with E-state index in [0.29, 0.717) is 24.7 Å². The monoisotopic (exact) mass is 397 g/mol. The third-order valence-corrected chi connectivity index (χ3v) is 6.49. The van der Waals surface area contributed by atoms with Crippen LogP contribution in [0.4, 0.5) is 0 Å². The Morgan fingerprint density at radius 1 is 1.21 bits per heavy atom. The van der Waals surface area contributed by atoms with Crippen molar-refractivity contribution in [2.75, 3.05) is 27.2 Å². The highest BCUT2D eigenvalue weighted by Crippen LogP contribution is 2.24. The zero-order chi connectivity index (χ0) is 20.4. The summed E-state index contributed by atoms with van der Waals surface area (Å²) in [6, 6.07) is 6.37. The quantitative estimate of drug-likeness (QED) is 0.830. The minimum atomic E-state index is -0.120. The molecule has 1 saturated carbocycles. The number of benzene rings is 1. The molecule has 4 rings (SSSR count). The van der Waals surface area contributed by atoms with E-state index in [2.05, 4.69) is 34.5 Å². The maximum atomic E-state index is 13.0. The number of aromatic amines is 1. The second-order valence-corrected chi connectivity index (χ2v) is 8.75. The molecule has 7 heteroatoms. The van der Waals surface area contributed by atoms with Crippen LogP contribution in [0.3, 0.4) is 0 Å². The van der Waals surface area contributed by atoms with Gasteiger partial charge < -0.3 is 15.1 Å². The van der Waals surface area contributed by atoms with Crippen LogP contribution in [0, 0.1) is 5.92 Å². The van der Waals surface area contributed by atoms with Crippen LogP contribution in [0.5, 0.6) is 0 Å². The van der Waals surface area contributed by atoms with Crippen LogP contribution in [0.1, 0.15) is 48.9 Å². The summed E-state index contributed by atoms with van der Waals surface area (Å²) < 4.78 is 0. The van der Waals surface area contributed by atoms with Gasteiger partial charge in [0.1, 0.15) is 0 Å². The lowest BCUT2D eigenvalue weighted by molar-refractivity contribution is -0.127. The van der Waals surface area contributed by atoms with Gasteiger partial charge >= 0.3 is 0 Å². The van der Waals surface area contributed by atoms with Gasteiger partial charge in [0, 0.05) is 36.1 Å². The first-order chi connectivity index (χ1) is 14.0. The molecule has 0 radical (unpaired) electrons. The molecule has 2 N–H and O–H groups in total. The molecule has 0 spiro atoms. The van der Waals surface area contributed by atoms with E-state index in [4.69, 9.17) is 0 Å². The number of likely N-dealkylation sites (tertiary alicyclic amines) is 1. The first-order valence-electron chi connectivity index (χ1n) is 10.7.